The van der Waals surface area contributed by atoms with Crippen LogP contribution in [0.2, 0.25) is 0 Å². The second kappa shape index (κ2) is 6.78. The fourth-order valence-corrected chi connectivity index (χ4v) is 4.30. The molecule has 0 fully saturated rings. The van der Waals surface area contributed by atoms with Gasteiger partial charge in [0.15, 0.2) is 5.78 Å². The lowest BCUT2D eigenvalue weighted by atomic mass is 9.82. The molecule has 3 N–H and O–H groups in total. The van der Waals surface area contributed by atoms with E-state index in [1.807, 2.05) is 48.5 Å². The molecule has 2 aliphatic rings. The summed E-state index contributed by atoms with van der Waals surface area (Å²) in [5.74, 6) is -0.977. The number of carbonyl (C=O) groups is 2. The molecule has 6 heteroatoms. The van der Waals surface area contributed by atoms with Crippen LogP contribution in [0, 0.1) is 11.3 Å². The highest BCUT2D eigenvalue weighted by molar-refractivity contribution is 8.03. The van der Waals surface area contributed by atoms with Gasteiger partial charge in [0.2, 0.25) is 5.91 Å². The molecule has 132 valence electrons. The number of amides is 1. The average Bonchev–Trinajstić information content (AvgIpc) is 2.98. The second-order valence-corrected chi connectivity index (χ2v) is 7.23. The molecule has 0 saturated carbocycles. The van der Waals surface area contributed by atoms with Gasteiger partial charge in [-0.1, -0.05) is 66.4 Å². The third-order valence-corrected chi connectivity index (χ3v) is 5.67. The van der Waals surface area contributed by atoms with Crippen molar-refractivity contribution < 1.29 is 9.59 Å². The molecule has 4 rings (SSSR count). The van der Waals surface area contributed by atoms with Crippen molar-refractivity contribution in [1.29, 1.82) is 5.26 Å². The molecular formula is C21H15N3O2S. The first-order chi connectivity index (χ1) is 13.1. The Morgan fingerprint density at radius 3 is 2.44 bits per heavy atom. The zero-order valence-electron chi connectivity index (χ0n) is 14.2. The Bertz CT molecular complexity index is 1060. The molecule has 0 saturated heterocycles. The Balaban J connectivity index is 1.90. The Hall–Kier alpha value is -3.30. The van der Waals surface area contributed by atoms with Crippen molar-refractivity contribution in [2.45, 2.75) is 5.92 Å². The Kier molecular flexibility index (Phi) is 4.30. The van der Waals surface area contributed by atoms with Gasteiger partial charge in [0.05, 0.1) is 34.0 Å². The fourth-order valence-electron chi connectivity index (χ4n) is 3.52. The first kappa shape index (κ1) is 17.1. The van der Waals surface area contributed by atoms with E-state index in [9.17, 15) is 14.9 Å². The number of allylic oxidation sites excluding steroid dienone is 2. The van der Waals surface area contributed by atoms with Crippen LogP contribution in [0.5, 0.6) is 0 Å². The summed E-state index contributed by atoms with van der Waals surface area (Å²) in [7, 11) is 0. The molecule has 2 aromatic carbocycles. The van der Waals surface area contributed by atoms with Gasteiger partial charge in [-0.05, 0) is 5.56 Å². The summed E-state index contributed by atoms with van der Waals surface area (Å²) >= 11 is 1.19. The molecule has 2 aromatic rings. The number of dihydropyridines is 1. The molecule has 1 aliphatic heterocycles. The van der Waals surface area contributed by atoms with Crippen molar-refractivity contribution in [3.63, 3.8) is 0 Å². The van der Waals surface area contributed by atoms with Crippen LogP contribution in [0.25, 0.3) is 5.70 Å². The Morgan fingerprint density at radius 2 is 1.78 bits per heavy atom. The zero-order valence-corrected chi connectivity index (χ0v) is 15.0. The summed E-state index contributed by atoms with van der Waals surface area (Å²) in [4.78, 5) is 24.4. The molecule has 0 radical (unpaired) electrons. The molecule has 0 aromatic heterocycles. The number of Topliss-reactive ketones (excluding diaryl/α,β-unsaturated/α-hetero) is 1. The summed E-state index contributed by atoms with van der Waals surface area (Å²) in [6, 6.07) is 19.1. The van der Waals surface area contributed by atoms with Crippen molar-refractivity contribution in [2.75, 3.05) is 5.75 Å². The summed E-state index contributed by atoms with van der Waals surface area (Å²) in [5, 5.41) is 13.7. The summed E-state index contributed by atoms with van der Waals surface area (Å²) < 4.78 is 0. The van der Waals surface area contributed by atoms with Gasteiger partial charge in [-0.2, -0.15) is 5.26 Å². The van der Waals surface area contributed by atoms with Crippen LogP contribution < -0.4 is 11.1 Å². The van der Waals surface area contributed by atoms with E-state index >= 15 is 0 Å². The van der Waals surface area contributed by atoms with Gasteiger partial charge in [0.1, 0.15) is 0 Å². The SMILES string of the molecule is N#CC1=C(SCC(N)=O)NC2=C(C(=O)c3ccccc32)[C@H]1c1ccccc1. The summed E-state index contributed by atoms with van der Waals surface area (Å²) in [5.41, 5.74) is 9.28. The number of carbonyl (C=O) groups excluding carboxylic acids is 2. The minimum absolute atomic E-state index is 0.0488. The number of nitrogens with two attached hydrogens (primary N) is 1. The van der Waals surface area contributed by atoms with Crippen LogP contribution in [-0.4, -0.2) is 17.4 Å². The summed E-state index contributed by atoms with van der Waals surface area (Å²) in [6.45, 7) is 0. The maximum absolute atomic E-state index is 13.1. The third-order valence-electron chi connectivity index (χ3n) is 4.63. The van der Waals surface area contributed by atoms with E-state index in [1.165, 1.54) is 11.8 Å². The lowest BCUT2D eigenvalue weighted by Crippen LogP contribution is -2.25. The number of nitrogens with zero attached hydrogens (tertiary/aromatic N) is 1. The van der Waals surface area contributed by atoms with Gasteiger partial charge in [0, 0.05) is 16.7 Å². The quantitative estimate of drug-likeness (QED) is 0.859. The minimum Gasteiger partial charge on any atom is -0.369 e. The van der Waals surface area contributed by atoms with E-state index in [0.29, 0.717) is 27.4 Å². The van der Waals surface area contributed by atoms with Gasteiger partial charge in [0.25, 0.3) is 0 Å². The normalized spacial score (nSPS) is 17.9. The van der Waals surface area contributed by atoms with Crippen LogP contribution in [0.3, 0.4) is 0 Å². The molecule has 27 heavy (non-hydrogen) atoms. The van der Waals surface area contributed by atoms with Gasteiger partial charge in [-0.15, -0.1) is 0 Å². The predicted octanol–water partition coefficient (Wildman–Crippen LogP) is 2.93. The van der Waals surface area contributed by atoms with E-state index < -0.39 is 11.8 Å². The first-order valence-electron chi connectivity index (χ1n) is 8.37. The van der Waals surface area contributed by atoms with Gasteiger partial charge >= 0.3 is 0 Å². The van der Waals surface area contributed by atoms with Crippen molar-refractivity contribution in [3.05, 3.63) is 87.5 Å². The number of nitrogens with one attached hydrogen (secondary N) is 1. The number of hydrogen-bond donors (Lipinski definition) is 2. The minimum atomic E-state index is -0.484. The number of rotatable bonds is 4. The number of primary amides is 1. The highest BCUT2D eigenvalue weighted by Gasteiger charge is 2.41. The molecular weight excluding hydrogens is 358 g/mol. The number of fused-ring (bicyclic) bond motifs is 2. The highest BCUT2D eigenvalue weighted by Crippen LogP contribution is 2.47. The van der Waals surface area contributed by atoms with Crippen LogP contribution >= 0.6 is 11.8 Å². The highest BCUT2D eigenvalue weighted by atomic mass is 32.2. The molecule has 5 nitrogen and oxygen atoms in total. The number of hydrogen-bond acceptors (Lipinski definition) is 5. The molecule has 1 heterocycles. The number of nitriles is 1. The van der Waals surface area contributed by atoms with E-state index in [2.05, 4.69) is 11.4 Å². The van der Waals surface area contributed by atoms with Crippen molar-refractivity contribution in [2.24, 2.45) is 5.73 Å². The number of thioether (sulfide) groups is 1. The molecule has 0 unspecified atom stereocenters. The molecule has 0 spiro atoms. The van der Waals surface area contributed by atoms with E-state index in [4.69, 9.17) is 5.73 Å². The largest absolute Gasteiger partial charge is 0.369 e. The maximum atomic E-state index is 13.1. The van der Waals surface area contributed by atoms with E-state index in [-0.39, 0.29) is 11.5 Å². The van der Waals surface area contributed by atoms with E-state index in [1.54, 1.807) is 6.07 Å². The van der Waals surface area contributed by atoms with E-state index in [0.717, 1.165) is 11.1 Å². The van der Waals surface area contributed by atoms with Gasteiger partial charge in [-0.25, -0.2) is 0 Å². The zero-order chi connectivity index (χ0) is 19.0. The standard InChI is InChI=1S/C21H15N3O2S/c22-10-15-17(12-6-2-1-3-7-12)18-19(24-21(15)27-11-16(23)25)13-8-4-5-9-14(13)20(18)26/h1-9,17,24H,11H2,(H2,23,25)/t17-/m0/s1. The molecule has 0 bridgehead atoms. The van der Waals surface area contributed by atoms with Crippen LogP contribution in [0.1, 0.15) is 27.4 Å². The maximum Gasteiger partial charge on any atom is 0.227 e. The second-order valence-electron chi connectivity index (χ2n) is 6.24. The van der Waals surface area contributed by atoms with Crippen molar-refractivity contribution in [1.82, 2.24) is 5.32 Å². The van der Waals surface area contributed by atoms with Crippen LogP contribution in [0.4, 0.5) is 0 Å². The third kappa shape index (κ3) is 2.82. The average molecular weight is 373 g/mol. The fraction of sp³-hybridized carbons (Fsp3) is 0.0952. The van der Waals surface area contributed by atoms with Crippen LogP contribution in [0.15, 0.2) is 70.8 Å². The number of benzene rings is 2. The molecule has 1 aliphatic carbocycles. The van der Waals surface area contributed by atoms with Gasteiger partial charge in [-0.3, -0.25) is 9.59 Å². The smallest absolute Gasteiger partial charge is 0.227 e. The Morgan fingerprint density at radius 1 is 1.11 bits per heavy atom. The predicted molar refractivity (Wildman–Crippen MR) is 104 cm³/mol. The van der Waals surface area contributed by atoms with Crippen LogP contribution in [-0.2, 0) is 4.79 Å². The topological polar surface area (TPSA) is 96.0 Å². The lowest BCUT2D eigenvalue weighted by molar-refractivity contribution is -0.115. The van der Waals surface area contributed by atoms with Crippen molar-refractivity contribution in [3.8, 4) is 6.07 Å². The first-order valence-corrected chi connectivity index (χ1v) is 9.36. The molecule has 1 amide bonds. The number of ketones is 1. The van der Waals surface area contributed by atoms with Crippen molar-refractivity contribution >= 4 is 29.1 Å². The Labute approximate surface area is 160 Å². The lowest BCUT2D eigenvalue weighted by Gasteiger charge is -2.27. The van der Waals surface area contributed by atoms with Gasteiger partial charge < -0.3 is 11.1 Å². The summed E-state index contributed by atoms with van der Waals surface area (Å²) in [6.07, 6.45) is 0. The monoisotopic (exact) mass is 373 g/mol. The molecule has 1 atom stereocenters.